The van der Waals surface area contributed by atoms with Gasteiger partial charge in [0.2, 0.25) is 0 Å². The van der Waals surface area contributed by atoms with Gasteiger partial charge in [0.25, 0.3) is 0 Å². The van der Waals surface area contributed by atoms with Gasteiger partial charge in [0.05, 0.1) is 20.8 Å². The third-order valence-corrected chi connectivity index (χ3v) is 16.2. The molecule has 0 atom stereocenters. The maximum atomic E-state index is 6.85. The molecule has 0 saturated heterocycles. The molecule has 3 aromatic rings. The fraction of sp³-hybridized carbons (Fsp3) is 0.741. The molecule has 2 aromatic heterocycles. The number of hydrogen-bond acceptors (Lipinski definition) is 4. The predicted octanol–water partition coefficient (Wildman–Crippen LogP) is 21.1. The van der Waals surface area contributed by atoms with E-state index in [-0.39, 0.29) is 0 Å². The summed E-state index contributed by atoms with van der Waals surface area (Å²) >= 11 is 11.7. The van der Waals surface area contributed by atoms with Gasteiger partial charge in [-0.2, -0.15) is 0 Å². The van der Waals surface area contributed by atoms with E-state index in [9.17, 15) is 0 Å². The molecule has 3 rings (SSSR count). The van der Waals surface area contributed by atoms with Gasteiger partial charge in [-0.25, -0.2) is 0 Å². The molecule has 0 aliphatic rings. The summed E-state index contributed by atoms with van der Waals surface area (Å²) in [6.07, 6.45) is 44.7. The van der Waals surface area contributed by atoms with E-state index in [2.05, 4.69) is 83.8 Å². The van der Waals surface area contributed by atoms with Crippen molar-refractivity contribution in [2.45, 2.75) is 246 Å². The van der Waals surface area contributed by atoms with Crippen LogP contribution in [0.25, 0.3) is 20.9 Å². The van der Waals surface area contributed by atoms with Crippen molar-refractivity contribution in [3.05, 3.63) is 43.0 Å². The van der Waals surface area contributed by atoms with Gasteiger partial charge < -0.3 is 9.47 Å². The number of ether oxygens (including phenoxy) is 2. The van der Waals surface area contributed by atoms with Crippen LogP contribution in [0.5, 0.6) is 11.5 Å². The van der Waals surface area contributed by atoms with E-state index in [1.807, 2.05) is 22.7 Å². The van der Waals surface area contributed by atoms with Crippen molar-refractivity contribution in [2.75, 3.05) is 13.2 Å². The molecular weight excluding hydrogens is 905 g/mol. The van der Waals surface area contributed by atoms with Crippen LogP contribution in [0.1, 0.15) is 244 Å². The van der Waals surface area contributed by atoms with Gasteiger partial charge in [-0.1, -0.05) is 207 Å². The van der Waals surface area contributed by atoms with Crippen molar-refractivity contribution in [1.29, 1.82) is 0 Å². The van der Waals surface area contributed by atoms with E-state index in [1.165, 1.54) is 232 Å². The molecule has 0 saturated carbocycles. The number of hydrogen-bond donors (Lipinski definition) is 0. The molecule has 60 heavy (non-hydrogen) atoms. The normalized spacial score (nSPS) is 11.6. The van der Waals surface area contributed by atoms with Crippen LogP contribution in [0.3, 0.4) is 0 Å². The zero-order valence-corrected chi connectivity index (χ0v) is 44.0. The number of benzene rings is 1. The molecule has 1 aromatic carbocycles. The third-order valence-electron chi connectivity index (χ3n) is 12.2. The van der Waals surface area contributed by atoms with Gasteiger partial charge in [-0.05, 0) is 106 Å². The van der Waals surface area contributed by atoms with Gasteiger partial charge in [-0.3, -0.25) is 0 Å². The van der Waals surface area contributed by atoms with Crippen LogP contribution < -0.4 is 9.47 Å². The van der Waals surface area contributed by atoms with Crippen LogP contribution in [0.15, 0.2) is 31.8 Å². The molecule has 0 aliphatic carbocycles. The number of thiophene rings is 2. The standard InChI is InChI=1S/C54H88Br2O2S2/c1-5-9-13-17-21-23-25-27-31-35-39-57-49-43-48(52-42-46(54(56)60-52)38-34-30-20-16-12-8-4)50(58-40-36-32-28-26-24-22-18-14-10-6-2)44-47(49)51-41-45(53(55)59-51)37-33-29-19-15-11-7-3/h41-44H,5-40H2,1-4H3. The summed E-state index contributed by atoms with van der Waals surface area (Å²) < 4.78 is 16.2. The first kappa shape index (κ1) is 53.5. The topological polar surface area (TPSA) is 18.5 Å². The van der Waals surface area contributed by atoms with Crippen molar-refractivity contribution >= 4 is 54.5 Å². The second kappa shape index (κ2) is 35.5. The lowest BCUT2D eigenvalue weighted by Gasteiger charge is -2.17. The fourth-order valence-corrected chi connectivity index (χ4v) is 11.9. The second-order valence-corrected chi connectivity index (χ2v) is 22.5. The largest absolute Gasteiger partial charge is 0.493 e. The van der Waals surface area contributed by atoms with Gasteiger partial charge in [-0.15, -0.1) is 22.7 Å². The van der Waals surface area contributed by atoms with Crippen LogP contribution in [-0.2, 0) is 12.8 Å². The Bertz CT molecular complexity index is 1370. The van der Waals surface area contributed by atoms with Crippen LogP contribution in [0.2, 0.25) is 0 Å². The van der Waals surface area contributed by atoms with E-state index in [0.717, 1.165) is 50.4 Å². The highest BCUT2D eigenvalue weighted by Gasteiger charge is 2.21. The van der Waals surface area contributed by atoms with E-state index in [1.54, 1.807) is 0 Å². The van der Waals surface area contributed by atoms with E-state index < -0.39 is 0 Å². The highest BCUT2D eigenvalue weighted by atomic mass is 79.9. The first-order valence-electron chi connectivity index (χ1n) is 25.5. The van der Waals surface area contributed by atoms with Crippen LogP contribution in [0.4, 0.5) is 0 Å². The highest BCUT2D eigenvalue weighted by Crippen LogP contribution is 2.48. The molecule has 0 unspecified atom stereocenters. The van der Waals surface area contributed by atoms with Gasteiger partial charge in [0, 0.05) is 20.9 Å². The molecule has 2 nitrogen and oxygen atoms in total. The molecule has 0 spiro atoms. The number of rotatable bonds is 40. The minimum Gasteiger partial charge on any atom is -0.493 e. The lowest BCUT2D eigenvalue weighted by Crippen LogP contribution is -2.02. The summed E-state index contributed by atoms with van der Waals surface area (Å²) in [4.78, 5) is 2.57. The number of aryl methyl sites for hydroxylation is 2. The molecule has 0 amide bonds. The average Bonchev–Trinajstić information content (AvgIpc) is 3.82. The minimum atomic E-state index is 0.760. The first-order valence-corrected chi connectivity index (χ1v) is 28.7. The van der Waals surface area contributed by atoms with Crippen molar-refractivity contribution in [2.24, 2.45) is 0 Å². The fourth-order valence-electron chi connectivity index (χ4n) is 8.34. The lowest BCUT2D eigenvalue weighted by atomic mass is 10.0. The molecule has 0 bridgehead atoms. The maximum absolute atomic E-state index is 6.85. The Hall–Kier alpha value is -0.820. The molecule has 6 heteroatoms. The maximum Gasteiger partial charge on any atom is 0.128 e. The smallest absolute Gasteiger partial charge is 0.128 e. The Labute approximate surface area is 395 Å². The summed E-state index contributed by atoms with van der Waals surface area (Å²) in [5.74, 6) is 2.02. The monoisotopic (exact) mass is 990 g/mol. The molecule has 0 radical (unpaired) electrons. The zero-order chi connectivity index (χ0) is 42.9. The Morgan fingerprint density at radius 2 is 0.617 bits per heavy atom. The van der Waals surface area contributed by atoms with Crippen molar-refractivity contribution in [3.63, 3.8) is 0 Å². The van der Waals surface area contributed by atoms with Gasteiger partial charge in [0.1, 0.15) is 11.5 Å². The SMILES string of the molecule is CCCCCCCCCCCCOc1cc(-c2cc(CCCCCCCC)c(Br)s2)c(OCCCCCCCCCCCC)cc1-c1cc(CCCCCCCC)c(Br)s1. The lowest BCUT2D eigenvalue weighted by molar-refractivity contribution is 0.298. The number of halogens is 2. The summed E-state index contributed by atoms with van der Waals surface area (Å²) in [5, 5.41) is 0. The van der Waals surface area contributed by atoms with Crippen LogP contribution in [-0.4, -0.2) is 13.2 Å². The van der Waals surface area contributed by atoms with E-state index >= 15 is 0 Å². The predicted molar refractivity (Wildman–Crippen MR) is 277 cm³/mol. The highest BCUT2D eigenvalue weighted by molar-refractivity contribution is 9.11. The Balaban J connectivity index is 1.81. The quantitative estimate of drug-likeness (QED) is 0.0529. The molecule has 342 valence electrons. The van der Waals surface area contributed by atoms with Crippen molar-refractivity contribution in [1.82, 2.24) is 0 Å². The summed E-state index contributed by atoms with van der Waals surface area (Å²) in [7, 11) is 0. The first-order chi connectivity index (χ1) is 29.5. The molecular formula is C54H88Br2O2S2. The second-order valence-electron chi connectivity index (χ2n) is 17.8. The Kier molecular flexibility index (Phi) is 31.7. The van der Waals surface area contributed by atoms with Gasteiger partial charge >= 0.3 is 0 Å². The molecule has 0 fully saturated rings. The van der Waals surface area contributed by atoms with Crippen LogP contribution in [0, 0.1) is 0 Å². The summed E-state index contributed by atoms with van der Waals surface area (Å²) in [5.41, 5.74) is 5.24. The summed E-state index contributed by atoms with van der Waals surface area (Å²) in [6, 6.07) is 9.56. The Morgan fingerprint density at radius 1 is 0.350 bits per heavy atom. The molecule has 0 N–H and O–H groups in total. The Morgan fingerprint density at radius 3 is 0.917 bits per heavy atom. The van der Waals surface area contributed by atoms with Crippen molar-refractivity contribution in [3.8, 4) is 32.4 Å². The third kappa shape index (κ3) is 22.7. The van der Waals surface area contributed by atoms with Crippen LogP contribution >= 0.6 is 54.5 Å². The van der Waals surface area contributed by atoms with E-state index in [4.69, 9.17) is 9.47 Å². The van der Waals surface area contributed by atoms with Crippen molar-refractivity contribution < 1.29 is 9.47 Å². The minimum absolute atomic E-state index is 0.760. The summed E-state index contributed by atoms with van der Waals surface area (Å²) in [6.45, 7) is 10.7. The molecule has 2 heterocycles. The number of unbranched alkanes of at least 4 members (excludes halogenated alkanes) is 28. The molecule has 0 aliphatic heterocycles. The average molecular weight is 993 g/mol. The van der Waals surface area contributed by atoms with E-state index in [0.29, 0.717) is 0 Å². The zero-order valence-electron chi connectivity index (χ0n) is 39.2. The van der Waals surface area contributed by atoms with Gasteiger partial charge in [0.15, 0.2) is 0 Å².